The molecule has 1 amide bonds. The molecule has 0 saturated heterocycles. The van der Waals surface area contributed by atoms with Crippen LogP contribution in [-0.2, 0) is 11.2 Å². The highest BCUT2D eigenvalue weighted by Gasteiger charge is 2.12. The van der Waals surface area contributed by atoms with Gasteiger partial charge in [0.25, 0.3) is 5.91 Å². The van der Waals surface area contributed by atoms with E-state index in [-0.39, 0.29) is 12.5 Å². The molecule has 0 aliphatic carbocycles. The third-order valence-electron chi connectivity index (χ3n) is 3.67. The van der Waals surface area contributed by atoms with Gasteiger partial charge in [0.05, 0.1) is 7.11 Å². The maximum atomic E-state index is 12.3. The first-order valence-electron chi connectivity index (χ1n) is 7.81. The molecule has 0 saturated carbocycles. The second-order valence-corrected chi connectivity index (χ2v) is 5.17. The summed E-state index contributed by atoms with van der Waals surface area (Å²) in [4.78, 5) is 14.1. The van der Waals surface area contributed by atoms with Crippen LogP contribution in [0.3, 0.4) is 0 Å². The number of nitrogens with zero attached hydrogens (tertiary/aromatic N) is 1. The fourth-order valence-electron chi connectivity index (χ4n) is 2.28. The maximum absolute atomic E-state index is 12.3. The fourth-order valence-corrected chi connectivity index (χ4v) is 2.28. The molecule has 0 spiro atoms. The Morgan fingerprint density at radius 1 is 1.00 bits per heavy atom. The van der Waals surface area contributed by atoms with Crippen LogP contribution in [0.2, 0.25) is 0 Å². The van der Waals surface area contributed by atoms with Crippen molar-refractivity contribution in [2.75, 3.05) is 26.8 Å². The van der Waals surface area contributed by atoms with E-state index in [0.717, 1.165) is 12.2 Å². The minimum Gasteiger partial charge on any atom is -0.497 e. The Balaban J connectivity index is 1.81. The molecule has 0 aliphatic heterocycles. The Labute approximate surface area is 137 Å². The molecule has 0 aromatic heterocycles. The van der Waals surface area contributed by atoms with Crippen LogP contribution in [0.4, 0.5) is 0 Å². The molecule has 0 bridgehead atoms. The number of benzene rings is 2. The van der Waals surface area contributed by atoms with E-state index in [1.54, 1.807) is 19.2 Å². The smallest absolute Gasteiger partial charge is 0.260 e. The van der Waals surface area contributed by atoms with Crippen molar-refractivity contribution in [1.82, 2.24) is 4.90 Å². The van der Waals surface area contributed by atoms with Gasteiger partial charge in [-0.1, -0.05) is 30.3 Å². The molecule has 2 aromatic carbocycles. The Morgan fingerprint density at radius 2 is 1.65 bits per heavy atom. The lowest BCUT2D eigenvalue weighted by molar-refractivity contribution is -0.133. The highest BCUT2D eigenvalue weighted by Crippen LogP contribution is 2.17. The van der Waals surface area contributed by atoms with E-state index in [4.69, 9.17) is 9.47 Å². The third kappa shape index (κ3) is 5.33. The molecular formula is C19H23NO3. The van der Waals surface area contributed by atoms with Gasteiger partial charge in [-0.3, -0.25) is 4.79 Å². The first-order valence-corrected chi connectivity index (χ1v) is 7.81. The summed E-state index contributed by atoms with van der Waals surface area (Å²) >= 11 is 0. The van der Waals surface area contributed by atoms with Crippen molar-refractivity contribution in [2.24, 2.45) is 0 Å². The van der Waals surface area contributed by atoms with Crippen molar-refractivity contribution in [1.29, 1.82) is 0 Å². The van der Waals surface area contributed by atoms with Gasteiger partial charge in [0.1, 0.15) is 11.5 Å². The molecule has 2 aromatic rings. The lowest BCUT2D eigenvalue weighted by atomic mass is 10.1. The topological polar surface area (TPSA) is 38.8 Å². The average Bonchev–Trinajstić information content (AvgIpc) is 2.61. The largest absolute Gasteiger partial charge is 0.497 e. The second kappa shape index (κ2) is 8.83. The van der Waals surface area contributed by atoms with Crippen LogP contribution < -0.4 is 9.47 Å². The van der Waals surface area contributed by atoms with Crippen LogP contribution in [-0.4, -0.2) is 37.6 Å². The van der Waals surface area contributed by atoms with Gasteiger partial charge in [-0.15, -0.1) is 0 Å². The molecule has 122 valence electrons. The Bertz CT molecular complexity index is 596. The van der Waals surface area contributed by atoms with E-state index in [1.807, 2.05) is 42.2 Å². The molecule has 0 heterocycles. The highest BCUT2D eigenvalue weighted by molar-refractivity contribution is 5.77. The van der Waals surface area contributed by atoms with Gasteiger partial charge in [0, 0.05) is 13.1 Å². The van der Waals surface area contributed by atoms with Crippen LogP contribution in [0.15, 0.2) is 54.6 Å². The summed E-state index contributed by atoms with van der Waals surface area (Å²) in [6.07, 6.45) is 0.850. The monoisotopic (exact) mass is 313 g/mol. The van der Waals surface area contributed by atoms with E-state index in [1.165, 1.54) is 5.56 Å². The number of amides is 1. The van der Waals surface area contributed by atoms with Gasteiger partial charge >= 0.3 is 0 Å². The van der Waals surface area contributed by atoms with Crippen LogP contribution in [0.5, 0.6) is 11.5 Å². The van der Waals surface area contributed by atoms with Crippen molar-refractivity contribution < 1.29 is 14.3 Å². The van der Waals surface area contributed by atoms with Crippen molar-refractivity contribution in [3.05, 3.63) is 60.2 Å². The maximum Gasteiger partial charge on any atom is 0.260 e. The molecule has 0 N–H and O–H groups in total. The quantitative estimate of drug-likeness (QED) is 0.751. The summed E-state index contributed by atoms with van der Waals surface area (Å²) in [5.74, 6) is 1.43. The molecule has 0 unspecified atom stereocenters. The zero-order chi connectivity index (χ0) is 16.5. The second-order valence-electron chi connectivity index (χ2n) is 5.17. The van der Waals surface area contributed by atoms with E-state index < -0.39 is 0 Å². The lowest BCUT2D eigenvalue weighted by Crippen LogP contribution is -2.36. The van der Waals surface area contributed by atoms with Gasteiger partial charge < -0.3 is 14.4 Å². The van der Waals surface area contributed by atoms with E-state index in [0.29, 0.717) is 18.8 Å². The molecule has 4 heteroatoms. The number of ether oxygens (including phenoxy) is 2. The molecule has 0 aliphatic rings. The summed E-state index contributed by atoms with van der Waals surface area (Å²) in [5, 5.41) is 0. The van der Waals surface area contributed by atoms with Crippen molar-refractivity contribution in [2.45, 2.75) is 13.3 Å². The molecule has 4 nitrogen and oxygen atoms in total. The zero-order valence-electron chi connectivity index (χ0n) is 13.7. The van der Waals surface area contributed by atoms with Gasteiger partial charge in [0.2, 0.25) is 0 Å². The number of hydrogen-bond donors (Lipinski definition) is 0. The Hall–Kier alpha value is -2.49. The first-order chi connectivity index (χ1) is 11.2. The summed E-state index contributed by atoms with van der Waals surface area (Å²) in [6.45, 7) is 3.41. The number of methoxy groups -OCH3 is 1. The predicted molar refractivity (Wildman–Crippen MR) is 90.9 cm³/mol. The number of carbonyl (C=O) groups excluding carboxylic acids is 1. The molecule has 0 fully saturated rings. The summed E-state index contributed by atoms with van der Waals surface area (Å²) in [7, 11) is 1.62. The van der Waals surface area contributed by atoms with Crippen molar-refractivity contribution in [3.63, 3.8) is 0 Å². The van der Waals surface area contributed by atoms with E-state index in [9.17, 15) is 4.79 Å². The predicted octanol–water partition coefficient (Wildman–Crippen LogP) is 3.17. The first kappa shape index (κ1) is 16.9. The summed E-state index contributed by atoms with van der Waals surface area (Å²) in [5.41, 5.74) is 1.23. The number of carbonyl (C=O) groups is 1. The zero-order valence-corrected chi connectivity index (χ0v) is 13.7. The van der Waals surface area contributed by atoms with Crippen LogP contribution in [0.25, 0.3) is 0 Å². The molecule has 2 rings (SSSR count). The Kier molecular flexibility index (Phi) is 6.48. The van der Waals surface area contributed by atoms with Gasteiger partial charge in [-0.25, -0.2) is 0 Å². The van der Waals surface area contributed by atoms with Gasteiger partial charge in [-0.2, -0.15) is 0 Å². The number of likely N-dealkylation sites (N-methyl/N-ethyl adjacent to an activating group) is 1. The van der Waals surface area contributed by atoms with Crippen molar-refractivity contribution in [3.8, 4) is 11.5 Å². The minimum atomic E-state index is -0.000695. The molecular weight excluding hydrogens is 290 g/mol. The number of rotatable bonds is 8. The Morgan fingerprint density at radius 3 is 2.26 bits per heavy atom. The fraction of sp³-hybridized carbons (Fsp3) is 0.316. The summed E-state index contributed by atoms with van der Waals surface area (Å²) < 4.78 is 10.6. The number of hydrogen-bond acceptors (Lipinski definition) is 3. The van der Waals surface area contributed by atoms with Crippen LogP contribution >= 0.6 is 0 Å². The standard InChI is InChI=1S/C19H23NO3/c1-3-20(14-13-16-7-5-4-6-8-16)19(21)15-23-18-11-9-17(22-2)10-12-18/h4-12H,3,13-15H2,1-2H3. The lowest BCUT2D eigenvalue weighted by Gasteiger charge is -2.21. The SMILES string of the molecule is CCN(CCc1ccccc1)C(=O)COc1ccc(OC)cc1. The highest BCUT2D eigenvalue weighted by atomic mass is 16.5. The third-order valence-corrected chi connectivity index (χ3v) is 3.67. The summed E-state index contributed by atoms with van der Waals surface area (Å²) in [6, 6.07) is 17.4. The molecule has 23 heavy (non-hydrogen) atoms. The van der Waals surface area contributed by atoms with Crippen LogP contribution in [0.1, 0.15) is 12.5 Å². The van der Waals surface area contributed by atoms with Crippen molar-refractivity contribution >= 4 is 5.91 Å². The van der Waals surface area contributed by atoms with E-state index >= 15 is 0 Å². The van der Waals surface area contributed by atoms with E-state index in [2.05, 4.69) is 12.1 Å². The minimum absolute atomic E-state index is 0.000695. The molecule has 0 radical (unpaired) electrons. The normalized spacial score (nSPS) is 10.2. The molecule has 0 atom stereocenters. The average molecular weight is 313 g/mol. The van der Waals surface area contributed by atoms with Gasteiger partial charge in [0.15, 0.2) is 6.61 Å². The van der Waals surface area contributed by atoms with Crippen LogP contribution in [0, 0.1) is 0 Å². The van der Waals surface area contributed by atoms with Gasteiger partial charge in [-0.05, 0) is 43.2 Å².